The van der Waals surface area contributed by atoms with Gasteiger partial charge in [0.1, 0.15) is 0 Å². The predicted octanol–water partition coefficient (Wildman–Crippen LogP) is 0.834. The maximum absolute atomic E-state index is 12.0. The fraction of sp³-hybridized carbons (Fsp3) is 0.364. The Morgan fingerprint density at radius 3 is 2.63 bits per heavy atom. The number of hydrogen-bond donors (Lipinski definition) is 3. The largest absolute Gasteiger partial charge is 0.399 e. The zero-order valence-electron chi connectivity index (χ0n) is 10.6. The number of nitrogen functional groups attached to an aromatic ring is 1. The van der Waals surface area contributed by atoms with Crippen LogP contribution in [0.1, 0.15) is 13.8 Å². The summed E-state index contributed by atoms with van der Waals surface area (Å²) in [6.07, 6.45) is 0. The van der Waals surface area contributed by atoms with Gasteiger partial charge < -0.3 is 11.1 Å². The van der Waals surface area contributed by atoms with E-state index in [4.69, 9.17) is 5.73 Å². The van der Waals surface area contributed by atoms with Gasteiger partial charge >= 0.3 is 0 Å². The molecular formula is C11H16BrN3O3S. The van der Waals surface area contributed by atoms with E-state index in [1.165, 1.54) is 12.1 Å². The van der Waals surface area contributed by atoms with Crippen LogP contribution < -0.4 is 15.8 Å². The number of anilines is 1. The SMILES string of the molecule is CC(C)NC(=O)CNS(=O)(=O)c1cc(N)ccc1Br. The molecule has 0 saturated carbocycles. The molecule has 19 heavy (non-hydrogen) atoms. The van der Waals surface area contributed by atoms with E-state index in [1.54, 1.807) is 19.9 Å². The number of benzene rings is 1. The lowest BCUT2D eigenvalue weighted by atomic mass is 10.3. The average Bonchev–Trinajstić information content (AvgIpc) is 2.29. The van der Waals surface area contributed by atoms with Gasteiger partial charge in [0.2, 0.25) is 15.9 Å². The Labute approximate surface area is 120 Å². The fourth-order valence-corrected chi connectivity index (χ4v) is 3.32. The number of sulfonamides is 1. The van der Waals surface area contributed by atoms with Gasteiger partial charge in [0.15, 0.2) is 0 Å². The lowest BCUT2D eigenvalue weighted by Gasteiger charge is -2.11. The van der Waals surface area contributed by atoms with Crippen molar-refractivity contribution in [2.24, 2.45) is 0 Å². The van der Waals surface area contributed by atoms with Crippen LogP contribution >= 0.6 is 15.9 Å². The van der Waals surface area contributed by atoms with Crippen molar-refractivity contribution in [1.82, 2.24) is 10.0 Å². The Balaban J connectivity index is 2.82. The third kappa shape index (κ3) is 4.81. The summed E-state index contributed by atoms with van der Waals surface area (Å²) in [4.78, 5) is 11.4. The van der Waals surface area contributed by atoms with Crippen molar-refractivity contribution >= 4 is 37.5 Å². The highest BCUT2D eigenvalue weighted by molar-refractivity contribution is 9.10. The van der Waals surface area contributed by atoms with Crippen LogP contribution in [-0.2, 0) is 14.8 Å². The van der Waals surface area contributed by atoms with Crippen molar-refractivity contribution in [2.45, 2.75) is 24.8 Å². The first-order valence-electron chi connectivity index (χ1n) is 5.56. The topological polar surface area (TPSA) is 101 Å². The molecule has 0 radical (unpaired) electrons. The molecule has 1 aromatic carbocycles. The second-order valence-corrected chi connectivity index (χ2v) is 6.83. The minimum atomic E-state index is -3.78. The van der Waals surface area contributed by atoms with Crippen LogP contribution in [-0.4, -0.2) is 26.9 Å². The van der Waals surface area contributed by atoms with Crippen molar-refractivity contribution in [3.05, 3.63) is 22.7 Å². The average molecular weight is 350 g/mol. The van der Waals surface area contributed by atoms with Crippen molar-refractivity contribution in [3.8, 4) is 0 Å². The second kappa shape index (κ2) is 6.36. The maximum atomic E-state index is 12.0. The van der Waals surface area contributed by atoms with Gasteiger partial charge in [-0.15, -0.1) is 0 Å². The van der Waals surface area contributed by atoms with E-state index in [0.29, 0.717) is 10.2 Å². The smallest absolute Gasteiger partial charge is 0.242 e. The molecule has 0 fully saturated rings. The van der Waals surface area contributed by atoms with Crippen molar-refractivity contribution in [1.29, 1.82) is 0 Å². The van der Waals surface area contributed by atoms with E-state index in [-0.39, 0.29) is 17.5 Å². The summed E-state index contributed by atoms with van der Waals surface area (Å²) in [6.45, 7) is 3.27. The standard InChI is InChI=1S/C11H16BrN3O3S/c1-7(2)15-11(16)6-14-19(17,18)10-5-8(13)3-4-9(10)12/h3-5,7,14H,6,13H2,1-2H3,(H,15,16). The minimum absolute atomic E-state index is 0.00449. The van der Waals surface area contributed by atoms with Gasteiger partial charge in [0.05, 0.1) is 11.4 Å². The number of nitrogens with two attached hydrogens (primary N) is 1. The van der Waals surface area contributed by atoms with Gasteiger partial charge in [-0.2, -0.15) is 0 Å². The molecule has 6 nitrogen and oxygen atoms in total. The van der Waals surface area contributed by atoms with Gasteiger partial charge in [0.25, 0.3) is 0 Å². The molecule has 0 unspecified atom stereocenters. The van der Waals surface area contributed by atoms with Crippen LogP contribution in [0.4, 0.5) is 5.69 Å². The van der Waals surface area contributed by atoms with Crippen LogP contribution in [0.15, 0.2) is 27.6 Å². The van der Waals surface area contributed by atoms with E-state index in [1.807, 2.05) is 0 Å². The number of carbonyl (C=O) groups is 1. The van der Waals surface area contributed by atoms with Gasteiger partial charge in [0, 0.05) is 16.2 Å². The summed E-state index contributed by atoms with van der Waals surface area (Å²) < 4.78 is 26.6. The monoisotopic (exact) mass is 349 g/mol. The van der Waals surface area contributed by atoms with Crippen LogP contribution in [0.5, 0.6) is 0 Å². The maximum Gasteiger partial charge on any atom is 0.242 e. The Bertz CT molecular complexity index is 573. The Hall–Kier alpha value is -1.12. The highest BCUT2D eigenvalue weighted by atomic mass is 79.9. The van der Waals surface area contributed by atoms with Crippen molar-refractivity contribution in [3.63, 3.8) is 0 Å². The summed E-state index contributed by atoms with van der Waals surface area (Å²) in [5.74, 6) is -0.390. The predicted molar refractivity (Wildman–Crippen MR) is 77.0 cm³/mol. The first-order chi connectivity index (χ1) is 8.72. The van der Waals surface area contributed by atoms with Gasteiger partial charge in [-0.1, -0.05) is 0 Å². The van der Waals surface area contributed by atoms with Gasteiger partial charge in [-0.05, 0) is 48.0 Å². The minimum Gasteiger partial charge on any atom is -0.399 e. The molecule has 0 bridgehead atoms. The zero-order chi connectivity index (χ0) is 14.6. The zero-order valence-corrected chi connectivity index (χ0v) is 13.0. The molecule has 0 spiro atoms. The molecule has 106 valence electrons. The van der Waals surface area contributed by atoms with Gasteiger partial charge in [-0.25, -0.2) is 13.1 Å². The number of carbonyl (C=O) groups excluding carboxylic acids is 1. The number of amides is 1. The molecule has 0 aliphatic rings. The molecular weight excluding hydrogens is 334 g/mol. The second-order valence-electron chi connectivity index (χ2n) is 4.24. The normalized spacial score (nSPS) is 11.6. The molecule has 0 aliphatic heterocycles. The van der Waals surface area contributed by atoms with E-state index >= 15 is 0 Å². The summed E-state index contributed by atoms with van der Waals surface area (Å²) in [5, 5.41) is 2.59. The lowest BCUT2D eigenvalue weighted by Crippen LogP contribution is -2.39. The molecule has 0 atom stereocenters. The summed E-state index contributed by atoms with van der Waals surface area (Å²) in [5.41, 5.74) is 5.88. The third-order valence-electron chi connectivity index (χ3n) is 2.12. The fourth-order valence-electron chi connectivity index (χ4n) is 1.34. The highest BCUT2D eigenvalue weighted by Crippen LogP contribution is 2.23. The molecule has 1 aromatic rings. The third-order valence-corrected chi connectivity index (χ3v) is 4.51. The quantitative estimate of drug-likeness (QED) is 0.685. The summed E-state index contributed by atoms with van der Waals surface area (Å²) >= 11 is 3.14. The summed E-state index contributed by atoms with van der Waals surface area (Å²) in [7, 11) is -3.78. The Morgan fingerprint density at radius 1 is 1.42 bits per heavy atom. The molecule has 0 heterocycles. The van der Waals surface area contributed by atoms with Crippen molar-refractivity contribution in [2.75, 3.05) is 12.3 Å². The number of halogens is 1. The molecule has 4 N–H and O–H groups in total. The van der Waals surface area contributed by atoms with Crippen LogP contribution in [0.25, 0.3) is 0 Å². The highest BCUT2D eigenvalue weighted by Gasteiger charge is 2.19. The van der Waals surface area contributed by atoms with Crippen LogP contribution in [0.2, 0.25) is 0 Å². The summed E-state index contributed by atoms with van der Waals surface area (Å²) in [6, 6.07) is 4.40. The van der Waals surface area contributed by atoms with Gasteiger partial charge in [-0.3, -0.25) is 4.79 Å². The van der Waals surface area contributed by atoms with Crippen molar-refractivity contribution < 1.29 is 13.2 Å². The molecule has 8 heteroatoms. The number of rotatable bonds is 5. The first-order valence-corrected chi connectivity index (χ1v) is 7.84. The number of nitrogens with one attached hydrogen (secondary N) is 2. The van der Waals surface area contributed by atoms with E-state index in [0.717, 1.165) is 0 Å². The van der Waals surface area contributed by atoms with E-state index in [2.05, 4.69) is 26.0 Å². The molecule has 0 aliphatic carbocycles. The van der Waals surface area contributed by atoms with Crippen LogP contribution in [0.3, 0.4) is 0 Å². The van der Waals surface area contributed by atoms with E-state index in [9.17, 15) is 13.2 Å². The van der Waals surface area contributed by atoms with Crippen LogP contribution in [0, 0.1) is 0 Å². The number of hydrogen-bond acceptors (Lipinski definition) is 4. The Morgan fingerprint density at radius 2 is 2.05 bits per heavy atom. The Kier molecular flexibility index (Phi) is 5.33. The van der Waals surface area contributed by atoms with E-state index < -0.39 is 15.9 Å². The lowest BCUT2D eigenvalue weighted by molar-refractivity contribution is -0.120. The molecule has 1 rings (SSSR count). The molecule has 1 amide bonds. The molecule has 0 saturated heterocycles. The first kappa shape index (κ1) is 15.9. The molecule has 0 aromatic heterocycles.